The maximum Gasteiger partial charge on any atom is 0.234 e. The number of ketones is 2. The molecule has 0 spiro atoms. The number of amides is 1. The fourth-order valence-corrected chi connectivity index (χ4v) is 2.37. The van der Waals surface area contributed by atoms with E-state index < -0.39 is 29.1 Å². The molecule has 1 fully saturated rings. The van der Waals surface area contributed by atoms with E-state index in [-0.39, 0.29) is 17.0 Å². The Hall–Kier alpha value is -2.37. The summed E-state index contributed by atoms with van der Waals surface area (Å²) in [7, 11) is 0. The van der Waals surface area contributed by atoms with E-state index in [4.69, 9.17) is 0 Å². The molecular formula is C14H15NO5. The van der Waals surface area contributed by atoms with Gasteiger partial charge in [0, 0.05) is 24.2 Å². The minimum atomic E-state index is -0.674. The summed E-state index contributed by atoms with van der Waals surface area (Å²) in [6, 6.07) is 2.35. The molecule has 1 aliphatic rings. The largest absolute Gasteiger partial charge is 0.507 e. The van der Waals surface area contributed by atoms with E-state index >= 15 is 0 Å². The first-order valence-corrected chi connectivity index (χ1v) is 6.30. The van der Waals surface area contributed by atoms with E-state index in [0.29, 0.717) is 19.3 Å². The van der Waals surface area contributed by atoms with E-state index in [1.165, 1.54) is 19.1 Å². The third-order valence-electron chi connectivity index (χ3n) is 3.34. The predicted molar refractivity (Wildman–Crippen MR) is 70.8 cm³/mol. The Morgan fingerprint density at radius 1 is 1.25 bits per heavy atom. The highest BCUT2D eigenvalue weighted by Crippen LogP contribution is 2.32. The van der Waals surface area contributed by atoms with Crippen LogP contribution in [0.3, 0.4) is 0 Å². The van der Waals surface area contributed by atoms with Crippen LogP contribution in [0.1, 0.15) is 36.5 Å². The fraction of sp³-hybridized carbons (Fsp3) is 0.357. The Bertz CT molecular complexity index is 570. The van der Waals surface area contributed by atoms with Gasteiger partial charge in [-0.15, -0.1) is 0 Å². The topological polar surface area (TPSA) is 104 Å². The number of carbonyl (C=O) groups is 3. The molecule has 1 unspecified atom stereocenters. The van der Waals surface area contributed by atoms with Crippen LogP contribution in [-0.4, -0.2) is 27.7 Å². The second-order valence-corrected chi connectivity index (χ2v) is 4.85. The fourth-order valence-electron chi connectivity index (χ4n) is 2.37. The van der Waals surface area contributed by atoms with Crippen LogP contribution in [0.4, 0.5) is 5.69 Å². The first kappa shape index (κ1) is 14.0. The van der Waals surface area contributed by atoms with Crippen molar-refractivity contribution in [1.82, 2.24) is 0 Å². The average molecular weight is 277 g/mol. The van der Waals surface area contributed by atoms with Gasteiger partial charge in [-0.2, -0.15) is 0 Å². The lowest BCUT2D eigenvalue weighted by Crippen LogP contribution is -2.25. The molecule has 0 aliphatic heterocycles. The first-order chi connectivity index (χ1) is 9.40. The third kappa shape index (κ3) is 2.64. The minimum Gasteiger partial charge on any atom is -0.507 e. The number of hydrogen-bond donors (Lipinski definition) is 3. The third-order valence-corrected chi connectivity index (χ3v) is 3.34. The van der Waals surface area contributed by atoms with Crippen molar-refractivity contribution in [3.63, 3.8) is 0 Å². The second kappa shape index (κ2) is 5.32. The van der Waals surface area contributed by atoms with Crippen LogP contribution in [-0.2, 0) is 9.59 Å². The Balaban J connectivity index is 2.20. The van der Waals surface area contributed by atoms with E-state index in [9.17, 15) is 24.6 Å². The van der Waals surface area contributed by atoms with Gasteiger partial charge < -0.3 is 15.5 Å². The van der Waals surface area contributed by atoms with Crippen molar-refractivity contribution < 1.29 is 24.6 Å². The zero-order valence-corrected chi connectivity index (χ0v) is 11.0. The maximum absolute atomic E-state index is 11.9. The molecule has 20 heavy (non-hydrogen) atoms. The number of carbonyl (C=O) groups excluding carboxylic acids is 3. The average Bonchev–Trinajstić information content (AvgIpc) is 2.73. The highest BCUT2D eigenvalue weighted by atomic mass is 16.3. The van der Waals surface area contributed by atoms with Crippen LogP contribution in [0.15, 0.2) is 12.1 Å². The molecule has 0 aromatic heterocycles. The lowest BCUT2D eigenvalue weighted by Gasteiger charge is -2.12. The van der Waals surface area contributed by atoms with Crippen LogP contribution < -0.4 is 5.32 Å². The van der Waals surface area contributed by atoms with Gasteiger partial charge in [0.2, 0.25) is 5.91 Å². The van der Waals surface area contributed by atoms with Gasteiger partial charge in [-0.05, 0) is 19.8 Å². The lowest BCUT2D eigenvalue weighted by molar-refractivity contribution is -0.129. The van der Waals surface area contributed by atoms with Crippen LogP contribution in [0.5, 0.6) is 11.5 Å². The van der Waals surface area contributed by atoms with Gasteiger partial charge in [0.1, 0.15) is 22.8 Å². The zero-order chi connectivity index (χ0) is 14.9. The molecule has 0 heterocycles. The molecule has 3 N–H and O–H groups in total. The number of Topliss-reactive ketones (excluding diaryl/α,β-unsaturated/α-hetero) is 2. The van der Waals surface area contributed by atoms with Gasteiger partial charge in [-0.1, -0.05) is 0 Å². The lowest BCUT2D eigenvalue weighted by atomic mass is 10.1. The summed E-state index contributed by atoms with van der Waals surface area (Å²) in [4.78, 5) is 34.6. The Morgan fingerprint density at radius 3 is 2.30 bits per heavy atom. The zero-order valence-electron chi connectivity index (χ0n) is 11.0. The number of rotatable bonds is 3. The number of nitrogens with one attached hydrogen (secondary N) is 1. The molecule has 2 rings (SSSR count). The van der Waals surface area contributed by atoms with E-state index in [0.717, 1.165) is 0 Å². The highest BCUT2D eigenvalue weighted by molar-refractivity contribution is 6.08. The molecular weight excluding hydrogens is 262 g/mol. The molecule has 1 aromatic carbocycles. The molecule has 1 aliphatic carbocycles. The Labute approximate surface area is 115 Å². The van der Waals surface area contributed by atoms with Crippen LogP contribution in [0.25, 0.3) is 0 Å². The van der Waals surface area contributed by atoms with Crippen LogP contribution >= 0.6 is 0 Å². The number of benzene rings is 1. The van der Waals surface area contributed by atoms with E-state index in [1.54, 1.807) is 0 Å². The molecule has 0 saturated heterocycles. The van der Waals surface area contributed by atoms with E-state index in [1.807, 2.05) is 0 Å². The summed E-state index contributed by atoms with van der Waals surface area (Å²) < 4.78 is 0. The summed E-state index contributed by atoms with van der Waals surface area (Å²) in [5.74, 6) is -2.54. The molecule has 1 atom stereocenters. The second-order valence-electron chi connectivity index (χ2n) is 4.85. The summed E-state index contributed by atoms with van der Waals surface area (Å²) in [6.07, 6.45) is 1.60. The SMILES string of the molecule is CC(=O)c1c(O)cc(NC(=O)C2CCCC2=O)cc1O. The number of phenols is 2. The number of phenolic OH excluding ortho intramolecular Hbond substituents is 2. The molecule has 0 bridgehead atoms. The maximum atomic E-state index is 11.9. The Morgan fingerprint density at radius 2 is 1.85 bits per heavy atom. The van der Waals surface area contributed by atoms with Crippen molar-refractivity contribution in [2.24, 2.45) is 5.92 Å². The normalized spacial score (nSPS) is 18.1. The first-order valence-electron chi connectivity index (χ1n) is 6.30. The van der Waals surface area contributed by atoms with Crippen LogP contribution in [0.2, 0.25) is 0 Å². The van der Waals surface area contributed by atoms with Gasteiger partial charge in [0.05, 0.1) is 5.92 Å². The molecule has 106 valence electrons. The molecule has 6 nitrogen and oxygen atoms in total. The van der Waals surface area contributed by atoms with E-state index in [2.05, 4.69) is 5.32 Å². The van der Waals surface area contributed by atoms with Gasteiger partial charge in [0.25, 0.3) is 0 Å². The van der Waals surface area contributed by atoms with Gasteiger partial charge in [0.15, 0.2) is 5.78 Å². The van der Waals surface area contributed by atoms with Crippen molar-refractivity contribution >= 4 is 23.2 Å². The molecule has 1 aromatic rings. The van der Waals surface area contributed by atoms with Gasteiger partial charge in [-0.25, -0.2) is 0 Å². The minimum absolute atomic E-state index is 0.101. The predicted octanol–water partition coefficient (Wildman–Crippen LogP) is 1.61. The number of hydrogen-bond acceptors (Lipinski definition) is 5. The molecule has 1 amide bonds. The molecule has 6 heteroatoms. The summed E-state index contributed by atoms with van der Waals surface area (Å²) in [5, 5.41) is 21.8. The number of aromatic hydroxyl groups is 2. The number of anilines is 1. The van der Waals surface area contributed by atoms with Gasteiger partial charge in [-0.3, -0.25) is 14.4 Å². The van der Waals surface area contributed by atoms with Crippen LogP contribution in [0, 0.1) is 5.92 Å². The van der Waals surface area contributed by atoms with Crippen molar-refractivity contribution in [2.75, 3.05) is 5.32 Å². The molecule has 0 radical (unpaired) electrons. The Kier molecular flexibility index (Phi) is 3.74. The summed E-state index contributed by atoms with van der Waals surface area (Å²) in [6.45, 7) is 1.21. The highest BCUT2D eigenvalue weighted by Gasteiger charge is 2.31. The standard InChI is InChI=1S/C14H15NO5/c1-7(16)13-11(18)5-8(6-12(13)19)15-14(20)9-3-2-4-10(9)17/h5-6,9,18-19H,2-4H2,1H3,(H,15,20). The van der Waals surface area contributed by atoms with Crippen molar-refractivity contribution in [2.45, 2.75) is 26.2 Å². The molecule has 1 saturated carbocycles. The summed E-state index contributed by atoms with van der Waals surface area (Å²) in [5.41, 5.74) is -0.0466. The van der Waals surface area contributed by atoms with Crippen molar-refractivity contribution in [1.29, 1.82) is 0 Å². The van der Waals surface area contributed by atoms with Crippen molar-refractivity contribution in [3.8, 4) is 11.5 Å². The quantitative estimate of drug-likeness (QED) is 0.575. The summed E-state index contributed by atoms with van der Waals surface area (Å²) >= 11 is 0. The monoisotopic (exact) mass is 277 g/mol. The van der Waals surface area contributed by atoms with Gasteiger partial charge >= 0.3 is 0 Å². The smallest absolute Gasteiger partial charge is 0.234 e. The van der Waals surface area contributed by atoms with Crippen molar-refractivity contribution in [3.05, 3.63) is 17.7 Å².